The average Bonchev–Trinajstić information content (AvgIpc) is 2.60. The van der Waals surface area contributed by atoms with Crippen LogP contribution in [0.25, 0.3) is 0 Å². The minimum absolute atomic E-state index is 0.608. The molecule has 0 aliphatic carbocycles. The SMILES string of the molecule is Cc1cccc(C)c1Nc1nccc(NCCc2ccccc2)n1. The van der Waals surface area contributed by atoms with Crippen molar-refractivity contribution < 1.29 is 0 Å². The molecule has 0 aliphatic heterocycles. The Kier molecular flexibility index (Phi) is 5.06. The molecule has 0 radical (unpaired) electrons. The fourth-order valence-corrected chi connectivity index (χ4v) is 2.62. The summed E-state index contributed by atoms with van der Waals surface area (Å²) in [5.74, 6) is 1.44. The first-order chi connectivity index (χ1) is 11.7. The van der Waals surface area contributed by atoms with E-state index in [1.165, 1.54) is 16.7 Å². The molecule has 24 heavy (non-hydrogen) atoms. The van der Waals surface area contributed by atoms with Crippen LogP contribution in [0.4, 0.5) is 17.5 Å². The predicted octanol–water partition coefficient (Wildman–Crippen LogP) is 4.49. The normalized spacial score (nSPS) is 10.4. The van der Waals surface area contributed by atoms with Crippen LogP contribution in [0.5, 0.6) is 0 Å². The van der Waals surface area contributed by atoms with E-state index in [1.807, 2.05) is 12.1 Å². The van der Waals surface area contributed by atoms with Gasteiger partial charge in [-0.2, -0.15) is 4.98 Å². The molecule has 2 N–H and O–H groups in total. The van der Waals surface area contributed by atoms with Gasteiger partial charge in [0.2, 0.25) is 5.95 Å². The first kappa shape index (κ1) is 16.0. The Morgan fingerprint density at radius 2 is 1.62 bits per heavy atom. The van der Waals surface area contributed by atoms with Gasteiger partial charge in [-0.25, -0.2) is 4.98 Å². The Morgan fingerprint density at radius 1 is 0.875 bits per heavy atom. The number of benzene rings is 2. The van der Waals surface area contributed by atoms with Crippen molar-refractivity contribution in [2.24, 2.45) is 0 Å². The fraction of sp³-hybridized carbons (Fsp3) is 0.200. The summed E-state index contributed by atoms with van der Waals surface area (Å²) < 4.78 is 0. The van der Waals surface area contributed by atoms with Crippen molar-refractivity contribution >= 4 is 17.5 Å². The predicted molar refractivity (Wildman–Crippen MR) is 99.9 cm³/mol. The van der Waals surface area contributed by atoms with Gasteiger partial charge in [-0.1, -0.05) is 48.5 Å². The van der Waals surface area contributed by atoms with Gasteiger partial charge in [0, 0.05) is 18.4 Å². The summed E-state index contributed by atoms with van der Waals surface area (Å²) in [6.07, 6.45) is 2.73. The molecule has 3 aromatic rings. The van der Waals surface area contributed by atoms with Gasteiger partial charge in [0.15, 0.2) is 0 Å². The summed E-state index contributed by atoms with van der Waals surface area (Å²) in [6.45, 7) is 5.00. The van der Waals surface area contributed by atoms with Gasteiger partial charge in [-0.3, -0.25) is 0 Å². The van der Waals surface area contributed by atoms with Crippen LogP contribution in [0.15, 0.2) is 60.8 Å². The van der Waals surface area contributed by atoms with Crippen molar-refractivity contribution in [3.8, 4) is 0 Å². The smallest absolute Gasteiger partial charge is 0.229 e. The van der Waals surface area contributed by atoms with E-state index in [1.54, 1.807) is 6.20 Å². The zero-order valence-electron chi connectivity index (χ0n) is 14.1. The molecule has 0 saturated carbocycles. The second-order valence-corrected chi connectivity index (χ2v) is 5.82. The highest BCUT2D eigenvalue weighted by molar-refractivity contribution is 5.63. The Morgan fingerprint density at radius 3 is 2.38 bits per heavy atom. The van der Waals surface area contributed by atoms with Gasteiger partial charge in [0.1, 0.15) is 5.82 Å². The molecule has 122 valence electrons. The molecular weight excluding hydrogens is 296 g/mol. The molecule has 0 atom stereocenters. The van der Waals surface area contributed by atoms with E-state index in [9.17, 15) is 0 Å². The number of para-hydroxylation sites is 1. The van der Waals surface area contributed by atoms with Gasteiger partial charge < -0.3 is 10.6 Å². The maximum atomic E-state index is 4.55. The van der Waals surface area contributed by atoms with E-state index >= 15 is 0 Å². The van der Waals surface area contributed by atoms with Crippen molar-refractivity contribution in [2.45, 2.75) is 20.3 Å². The third kappa shape index (κ3) is 4.10. The third-order valence-electron chi connectivity index (χ3n) is 3.94. The highest BCUT2D eigenvalue weighted by atomic mass is 15.1. The lowest BCUT2D eigenvalue weighted by molar-refractivity contribution is 1.00. The lowest BCUT2D eigenvalue weighted by Gasteiger charge is -2.12. The van der Waals surface area contributed by atoms with E-state index in [-0.39, 0.29) is 0 Å². The maximum Gasteiger partial charge on any atom is 0.229 e. The topological polar surface area (TPSA) is 49.8 Å². The molecule has 0 saturated heterocycles. The zero-order chi connectivity index (χ0) is 16.8. The van der Waals surface area contributed by atoms with Crippen LogP contribution < -0.4 is 10.6 Å². The van der Waals surface area contributed by atoms with E-state index in [0.29, 0.717) is 5.95 Å². The number of hydrogen-bond donors (Lipinski definition) is 2. The van der Waals surface area contributed by atoms with Crippen LogP contribution in [0.2, 0.25) is 0 Å². The van der Waals surface area contributed by atoms with E-state index in [0.717, 1.165) is 24.5 Å². The molecule has 2 aromatic carbocycles. The molecule has 0 spiro atoms. The fourth-order valence-electron chi connectivity index (χ4n) is 2.62. The van der Waals surface area contributed by atoms with E-state index < -0.39 is 0 Å². The van der Waals surface area contributed by atoms with Crippen LogP contribution in [-0.2, 0) is 6.42 Å². The van der Waals surface area contributed by atoms with Gasteiger partial charge in [0.05, 0.1) is 0 Å². The van der Waals surface area contributed by atoms with E-state index in [4.69, 9.17) is 0 Å². The molecule has 0 bridgehead atoms. The number of nitrogens with zero attached hydrogens (tertiary/aromatic N) is 2. The highest BCUT2D eigenvalue weighted by Gasteiger charge is 2.05. The summed E-state index contributed by atoms with van der Waals surface area (Å²) in [5.41, 5.74) is 4.74. The molecule has 0 aliphatic rings. The minimum Gasteiger partial charge on any atom is -0.370 e. The van der Waals surface area contributed by atoms with Gasteiger partial charge >= 0.3 is 0 Å². The summed E-state index contributed by atoms with van der Waals surface area (Å²) in [7, 11) is 0. The number of aryl methyl sites for hydroxylation is 2. The number of hydrogen-bond acceptors (Lipinski definition) is 4. The lowest BCUT2D eigenvalue weighted by Crippen LogP contribution is -2.08. The number of anilines is 3. The second-order valence-electron chi connectivity index (χ2n) is 5.82. The Labute approximate surface area is 143 Å². The van der Waals surface area contributed by atoms with Crippen LogP contribution >= 0.6 is 0 Å². The summed E-state index contributed by atoms with van der Waals surface area (Å²) in [6, 6.07) is 18.5. The molecule has 1 aromatic heterocycles. The summed E-state index contributed by atoms with van der Waals surface area (Å²) in [4.78, 5) is 8.87. The molecular formula is C20H22N4. The largest absolute Gasteiger partial charge is 0.370 e. The molecule has 4 nitrogen and oxygen atoms in total. The number of nitrogens with one attached hydrogen (secondary N) is 2. The van der Waals surface area contributed by atoms with Crippen molar-refractivity contribution in [3.63, 3.8) is 0 Å². The highest BCUT2D eigenvalue weighted by Crippen LogP contribution is 2.22. The van der Waals surface area contributed by atoms with Gasteiger partial charge in [-0.05, 0) is 43.0 Å². The maximum absolute atomic E-state index is 4.55. The Hall–Kier alpha value is -2.88. The van der Waals surface area contributed by atoms with Crippen LogP contribution in [-0.4, -0.2) is 16.5 Å². The summed E-state index contributed by atoms with van der Waals surface area (Å²) >= 11 is 0. The summed E-state index contributed by atoms with van der Waals surface area (Å²) in [5, 5.41) is 6.68. The molecule has 0 amide bonds. The third-order valence-corrected chi connectivity index (χ3v) is 3.94. The molecule has 3 rings (SSSR count). The van der Waals surface area contributed by atoms with Crippen molar-refractivity contribution in [1.82, 2.24) is 9.97 Å². The lowest BCUT2D eigenvalue weighted by atomic mass is 10.1. The first-order valence-electron chi connectivity index (χ1n) is 8.16. The minimum atomic E-state index is 0.608. The zero-order valence-corrected chi connectivity index (χ0v) is 14.1. The average molecular weight is 318 g/mol. The van der Waals surface area contributed by atoms with Crippen LogP contribution in [0, 0.1) is 13.8 Å². The van der Waals surface area contributed by atoms with Crippen LogP contribution in [0.3, 0.4) is 0 Å². The van der Waals surface area contributed by atoms with Gasteiger partial charge in [0.25, 0.3) is 0 Å². The van der Waals surface area contributed by atoms with Crippen LogP contribution in [0.1, 0.15) is 16.7 Å². The molecule has 0 fully saturated rings. The molecule has 0 unspecified atom stereocenters. The number of aromatic nitrogens is 2. The second kappa shape index (κ2) is 7.59. The van der Waals surface area contributed by atoms with Crippen molar-refractivity contribution in [1.29, 1.82) is 0 Å². The molecule has 4 heteroatoms. The number of rotatable bonds is 6. The Bertz CT molecular complexity index is 779. The monoisotopic (exact) mass is 318 g/mol. The van der Waals surface area contributed by atoms with E-state index in [2.05, 4.69) is 76.9 Å². The van der Waals surface area contributed by atoms with Crippen molar-refractivity contribution in [2.75, 3.05) is 17.2 Å². The Balaban J connectivity index is 1.64. The molecule has 1 heterocycles. The first-order valence-corrected chi connectivity index (χ1v) is 8.16. The standard InChI is InChI=1S/C20H22N4/c1-15-7-6-8-16(2)19(15)24-20-22-14-12-18(23-20)21-13-11-17-9-4-3-5-10-17/h3-10,12,14H,11,13H2,1-2H3,(H2,21,22,23,24). The van der Waals surface area contributed by atoms with Crippen molar-refractivity contribution in [3.05, 3.63) is 77.5 Å². The quantitative estimate of drug-likeness (QED) is 0.703. The van der Waals surface area contributed by atoms with Gasteiger partial charge in [-0.15, -0.1) is 0 Å².